The molecular formula is C64H124O26. The van der Waals surface area contributed by atoms with E-state index >= 15 is 0 Å². The number of allylic oxidation sites excluding steroid dienone is 2. The molecule has 0 amide bonds. The zero-order valence-corrected chi connectivity index (χ0v) is 55.3. The number of aliphatic hydroxyl groups is 3. The summed E-state index contributed by atoms with van der Waals surface area (Å²) < 4.78 is 126. The molecule has 3 N–H and O–H groups in total. The SMILES string of the molecule is CCCCCCCC/C=C\CCCCCCCC(=O)OCCOCCOCCOCCOCCOCC(OCCOCCOCCOCCOCCO)C1OCC(OCCOCCOCCOCCOCCO)C1OCCOCCOCCOCCOCCO. The van der Waals surface area contributed by atoms with Gasteiger partial charge in [0.25, 0.3) is 0 Å². The highest BCUT2D eigenvalue weighted by Crippen LogP contribution is 2.26. The normalized spacial score (nSPS) is 15.5. The van der Waals surface area contributed by atoms with Crippen LogP contribution < -0.4 is 0 Å². The van der Waals surface area contributed by atoms with Crippen molar-refractivity contribution in [1.82, 2.24) is 0 Å². The Bertz CT molecular complexity index is 1420. The molecular weight excluding hydrogens is 1180 g/mol. The minimum Gasteiger partial charge on any atom is -0.463 e. The average molecular weight is 1310 g/mol. The van der Waals surface area contributed by atoms with E-state index in [-0.39, 0.29) is 85.3 Å². The molecule has 0 bridgehead atoms. The van der Waals surface area contributed by atoms with Crippen molar-refractivity contribution in [2.24, 2.45) is 0 Å². The standard InChI is InChI=1S/C64H124O26/c1-2-3-4-5-6-7-8-9-10-11-12-13-14-15-16-17-62(68)88-56-52-83-46-42-78-37-36-75-38-39-80-48-49-85-58-60(86-54-50-81-44-40-76-33-30-72-27-24-69-21-18-65)64-63(89-57-53-84-47-43-79-35-32-74-29-26-71-23-20-67)61(59-90-64)87-55-51-82-45-41-77-34-31-73-28-25-70-22-19-66/h9-10,60-61,63-67H,2-8,11-59H2,1H3/b10-9-. The molecule has 0 aromatic carbocycles. The first-order valence-electron chi connectivity index (χ1n) is 33.6. The molecule has 0 aliphatic carbocycles. The predicted molar refractivity (Wildman–Crippen MR) is 335 cm³/mol. The van der Waals surface area contributed by atoms with Crippen molar-refractivity contribution in [1.29, 1.82) is 0 Å². The lowest BCUT2D eigenvalue weighted by atomic mass is 10.1. The molecule has 1 aliphatic heterocycles. The fraction of sp³-hybridized carbons (Fsp3) is 0.953. The Morgan fingerprint density at radius 1 is 0.367 bits per heavy atom. The number of aliphatic hydroxyl groups excluding tert-OH is 3. The van der Waals surface area contributed by atoms with Gasteiger partial charge < -0.3 is 120 Å². The largest absolute Gasteiger partial charge is 0.463 e. The Hall–Kier alpha value is -1.75. The van der Waals surface area contributed by atoms with Crippen molar-refractivity contribution < 1.29 is 124 Å². The molecule has 90 heavy (non-hydrogen) atoms. The van der Waals surface area contributed by atoms with Crippen LogP contribution in [0.5, 0.6) is 0 Å². The highest BCUT2D eigenvalue weighted by molar-refractivity contribution is 5.69. The summed E-state index contributed by atoms with van der Waals surface area (Å²) in [5.74, 6) is -0.170. The number of carbonyl (C=O) groups excluding carboxylic acids is 1. The van der Waals surface area contributed by atoms with Crippen LogP contribution in [0.3, 0.4) is 0 Å². The summed E-state index contributed by atoms with van der Waals surface area (Å²) in [5, 5.41) is 26.4. The van der Waals surface area contributed by atoms with E-state index in [1.54, 1.807) is 0 Å². The maximum atomic E-state index is 12.1. The van der Waals surface area contributed by atoms with Crippen LogP contribution in [0.2, 0.25) is 0 Å². The van der Waals surface area contributed by atoms with Crippen LogP contribution in [0.25, 0.3) is 0 Å². The number of carbonyl (C=O) groups is 1. The number of ether oxygens (including phenoxy) is 22. The van der Waals surface area contributed by atoms with Gasteiger partial charge in [0.1, 0.15) is 31.0 Å². The Labute approximate surface area is 539 Å². The smallest absolute Gasteiger partial charge is 0.305 e. The van der Waals surface area contributed by atoms with Crippen molar-refractivity contribution in [2.75, 3.05) is 277 Å². The second-order valence-electron chi connectivity index (χ2n) is 20.6. The second-order valence-corrected chi connectivity index (χ2v) is 20.6. The van der Waals surface area contributed by atoms with Gasteiger partial charge in [-0.05, 0) is 32.1 Å². The Morgan fingerprint density at radius 3 is 1.07 bits per heavy atom. The third-order valence-electron chi connectivity index (χ3n) is 13.1. The highest BCUT2D eigenvalue weighted by atomic mass is 16.6. The predicted octanol–water partition coefficient (Wildman–Crippen LogP) is 4.38. The van der Waals surface area contributed by atoms with Gasteiger partial charge >= 0.3 is 5.97 Å². The fourth-order valence-electron chi connectivity index (χ4n) is 8.45. The molecule has 0 aromatic rings. The summed E-state index contributed by atoms with van der Waals surface area (Å²) in [6.07, 6.45) is 18.9. The third kappa shape index (κ3) is 62.4. The van der Waals surface area contributed by atoms with Crippen molar-refractivity contribution in [2.45, 2.75) is 121 Å². The topological polar surface area (TPSA) is 281 Å². The lowest BCUT2D eigenvalue weighted by Crippen LogP contribution is -2.46. The van der Waals surface area contributed by atoms with Crippen LogP contribution in [-0.4, -0.2) is 323 Å². The van der Waals surface area contributed by atoms with E-state index in [9.17, 15) is 4.79 Å². The van der Waals surface area contributed by atoms with Crippen molar-refractivity contribution in [3.63, 3.8) is 0 Å². The molecule has 0 radical (unpaired) electrons. The van der Waals surface area contributed by atoms with E-state index in [1.807, 2.05) is 0 Å². The van der Waals surface area contributed by atoms with Gasteiger partial charge in [0.05, 0.1) is 271 Å². The molecule has 0 aromatic heterocycles. The zero-order chi connectivity index (χ0) is 64.5. The van der Waals surface area contributed by atoms with Gasteiger partial charge in [0.2, 0.25) is 0 Å². The Balaban J connectivity index is 2.47. The van der Waals surface area contributed by atoms with E-state index < -0.39 is 24.4 Å². The van der Waals surface area contributed by atoms with Crippen LogP contribution in [-0.2, 0) is 109 Å². The van der Waals surface area contributed by atoms with Gasteiger partial charge in [-0.15, -0.1) is 0 Å². The van der Waals surface area contributed by atoms with Gasteiger partial charge in [-0.3, -0.25) is 4.79 Å². The summed E-state index contributed by atoms with van der Waals surface area (Å²) in [6, 6.07) is 0. The molecule has 26 nitrogen and oxygen atoms in total. The van der Waals surface area contributed by atoms with E-state index in [0.29, 0.717) is 205 Å². The second kappa shape index (κ2) is 74.6. The van der Waals surface area contributed by atoms with Gasteiger partial charge in [0, 0.05) is 6.42 Å². The summed E-state index contributed by atoms with van der Waals surface area (Å²) in [6.45, 7) is 16.0. The summed E-state index contributed by atoms with van der Waals surface area (Å²) in [7, 11) is 0. The quantitative estimate of drug-likeness (QED) is 0.0433. The first kappa shape index (κ1) is 86.3. The number of esters is 1. The molecule has 536 valence electrons. The molecule has 1 saturated heterocycles. The third-order valence-corrected chi connectivity index (χ3v) is 13.1. The van der Waals surface area contributed by atoms with Gasteiger partial charge in [-0.25, -0.2) is 0 Å². The number of unbranched alkanes of at least 4 members (excludes halogenated alkanes) is 11. The minimum atomic E-state index is -0.563. The van der Waals surface area contributed by atoms with Crippen molar-refractivity contribution >= 4 is 5.97 Å². The van der Waals surface area contributed by atoms with Crippen molar-refractivity contribution in [3.05, 3.63) is 12.2 Å². The minimum absolute atomic E-state index is 0.0182. The van der Waals surface area contributed by atoms with Crippen LogP contribution >= 0.6 is 0 Å². The number of rotatable bonds is 78. The lowest BCUT2D eigenvalue weighted by Gasteiger charge is -2.29. The summed E-state index contributed by atoms with van der Waals surface area (Å²) in [4.78, 5) is 12.1. The van der Waals surface area contributed by atoms with Crippen LogP contribution in [0.15, 0.2) is 12.2 Å². The fourth-order valence-corrected chi connectivity index (χ4v) is 8.45. The molecule has 4 atom stereocenters. The molecule has 1 heterocycles. The maximum Gasteiger partial charge on any atom is 0.305 e. The molecule has 1 aliphatic rings. The average Bonchev–Trinajstić information content (AvgIpc) is 2.05. The number of hydrogen-bond acceptors (Lipinski definition) is 26. The van der Waals surface area contributed by atoms with Gasteiger partial charge in [-0.2, -0.15) is 0 Å². The monoisotopic (exact) mass is 1310 g/mol. The molecule has 1 fully saturated rings. The first-order valence-corrected chi connectivity index (χ1v) is 33.6. The highest BCUT2D eigenvalue weighted by Gasteiger charge is 2.44. The van der Waals surface area contributed by atoms with E-state index in [1.165, 1.54) is 57.8 Å². The molecule has 0 spiro atoms. The van der Waals surface area contributed by atoms with Crippen molar-refractivity contribution in [3.8, 4) is 0 Å². The molecule has 26 heteroatoms. The molecule has 4 unspecified atom stereocenters. The summed E-state index contributed by atoms with van der Waals surface area (Å²) in [5.41, 5.74) is 0. The van der Waals surface area contributed by atoms with Crippen LogP contribution in [0.1, 0.15) is 96.8 Å². The maximum absolute atomic E-state index is 12.1. The Kier molecular flexibility index (Phi) is 71.5. The molecule has 0 saturated carbocycles. The summed E-state index contributed by atoms with van der Waals surface area (Å²) >= 11 is 0. The van der Waals surface area contributed by atoms with Gasteiger partial charge in [-0.1, -0.05) is 70.4 Å². The Morgan fingerprint density at radius 2 is 0.678 bits per heavy atom. The van der Waals surface area contributed by atoms with E-state index in [4.69, 9.17) is 120 Å². The van der Waals surface area contributed by atoms with Gasteiger partial charge in [0.15, 0.2) is 0 Å². The van der Waals surface area contributed by atoms with E-state index in [2.05, 4.69) is 19.1 Å². The van der Waals surface area contributed by atoms with Crippen LogP contribution in [0, 0.1) is 0 Å². The van der Waals surface area contributed by atoms with E-state index in [0.717, 1.165) is 25.7 Å². The molecule has 1 rings (SSSR count). The first-order chi connectivity index (χ1) is 44.7. The lowest BCUT2D eigenvalue weighted by molar-refractivity contribution is -0.145. The number of hydrogen-bond donors (Lipinski definition) is 3. The zero-order valence-electron chi connectivity index (χ0n) is 55.3. The van der Waals surface area contributed by atoms with Crippen LogP contribution in [0.4, 0.5) is 0 Å².